The molecule has 1 N–H and O–H groups in total. The summed E-state index contributed by atoms with van der Waals surface area (Å²) in [6, 6.07) is 4.64. The Balaban J connectivity index is 2.10. The summed E-state index contributed by atoms with van der Waals surface area (Å²) in [5.74, 6) is -0.430. The molecule has 2 rings (SSSR count). The maximum Gasteiger partial charge on any atom is 0.183 e. The third kappa shape index (κ3) is 2.47. The Hall–Kier alpha value is -0.800. The lowest BCUT2D eigenvalue weighted by Gasteiger charge is -2.28. The van der Waals surface area contributed by atoms with Crippen molar-refractivity contribution in [2.75, 3.05) is 0 Å². The van der Waals surface area contributed by atoms with Crippen molar-refractivity contribution in [1.29, 1.82) is 0 Å². The highest BCUT2D eigenvalue weighted by Crippen LogP contribution is 2.28. The van der Waals surface area contributed by atoms with Crippen LogP contribution in [0.4, 0.5) is 4.39 Å². The first-order chi connectivity index (χ1) is 7.68. The third-order valence-corrected chi connectivity index (χ3v) is 3.15. The second-order valence-electron chi connectivity index (χ2n) is 4.06. The predicted octanol–water partition coefficient (Wildman–Crippen LogP) is 3.16. The molecule has 0 unspecified atom stereocenters. The number of rotatable bonds is 2. The minimum Gasteiger partial charge on any atom is -0.485 e. The Bertz CT molecular complexity index is 370. The SMILES string of the molecule is O[C@@H]1CCCC[C@H]1Oc1cccc(Cl)c1F. The minimum atomic E-state index is -0.554. The molecule has 2 nitrogen and oxygen atoms in total. The molecule has 4 heteroatoms. The van der Waals surface area contributed by atoms with Gasteiger partial charge in [-0.05, 0) is 31.4 Å². The summed E-state index contributed by atoms with van der Waals surface area (Å²) >= 11 is 5.65. The highest BCUT2D eigenvalue weighted by Gasteiger charge is 2.25. The van der Waals surface area contributed by atoms with E-state index in [1.807, 2.05) is 0 Å². The number of benzene rings is 1. The molecular weight excluding hydrogens is 231 g/mol. The molecule has 0 radical (unpaired) electrons. The van der Waals surface area contributed by atoms with Crippen molar-refractivity contribution in [2.45, 2.75) is 37.9 Å². The average Bonchev–Trinajstić information content (AvgIpc) is 2.28. The molecular formula is C12H14ClFO2. The number of aliphatic hydroxyl groups excluding tert-OH is 1. The Morgan fingerprint density at radius 3 is 2.81 bits per heavy atom. The summed E-state index contributed by atoms with van der Waals surface area (Å²) in [7, 11) is 0. The van der Waals surface area contributed by atoms with Gasteiger partial charge in [-0.2, -0.15) is 0 Å². The summed E-state index contributed by atoms with van der Waals surface area (Å²) in [6.45, 7) is 0. The highest BCUT2D eigenvalue weighted by atomic mass is 35.5. The molecule has 1 saturated carbocycles. The number of ether oxygens (including phenoxy) is 1. The first-order valence-corrected chi connectivity index (χ1v) is 5.85. The molecule has 0 amide bonds. The molecule has 0 aliphatic heterocycles. The molecule has 0 spiro atoms. The molecule has 88 valence electrons. The van der Waals surface area contributed by atoms with Gasteiger partial charge in [-0.15, -0.1) is 0 Å². The standard InChI is InChI=1S/C12H14ClFO2/c13-8-4-3-7-11(12(8)14)16-10-6-2-1-5-9(10)15/h3-4,7,9-10,15H,1-2,5-6H2/t9-,10-/m1/s1. The summed E-state index contributed by atoms with van der Waals surface area (Å²) < 4.78 is 19.0. The van der Waals surface area contributed by atoms with Crippen LogP contribution < -0.4 is 4.74 Å². The Labute approximate surface area is 99.0 Å². The van der Waals surface area contributed by atoms with Crippen LogP contribution in [0.2, 0.25) is 5.02 Å². The first kappa shape index (κ1) is 11.7. The largest absolute Gasteiger partial charge is 0.485 e. The molecule has 1 aliphatic rings. The molecule has 0 bridgehead atoms. The fourth-order valence-corrected chi connectivity index (χ4v) is 2.12. The van der Waals surface area contributed by atoms with Crippen LogP contribution in [0.5, 0.6) is 5.75 Å². The molecule has 16 heavy (non-hydrogen) atoms. The predicted molar refractivity (Wildman–Crippen MR) is 60.3 cm³/mol. The van der Waals surface area contributed by atoms with E-state index < -0.39 is 11.9 Å². The van der Waals surface area contributed by atoms with Crippen molar-refractivity contribution >= 4 is 11.6 Å². The number of hydrogen-bond donors (Lipinski definition) is 1. The highest BCUT2D eigenvalue weighted by molar-refractivity contribution is 6.30. The number of halogens is 2. The molecule has 2 atom stereocenters. The summed E-state index contributed by atoms with van der Waals surface area (Å²) in [4.78, 5) is 0. The van der Waals surface area contributed by atoms with Crippen molar-refractivity contribution in [3.63, 3.8) is 0 Å². The Morgan fingerprint density at radius 1 is 1.31 bits per heavy atom. The van der Waals surface area contributed by atoms with Crippen LogP contribution in [0.25, 0.3) is 0 Å². The monoisotopic (exact) mass is 244 g/mol. The van der Waals surface area contributed by atoms with E-state index in [-0.39, 0.29) is 16.9 Å². The lowest BCUT2D eigenvalue weighted by Crippen LogP contribution is -2.34. The van der Waals surface area contributed by atoms with E-state index in [1.165, 1.54) is 12.1 Å². The van der Waals surface area contributed by atoms with E-state index in [2.05, 4.69) is 0 Å². The van der Waals surface area contributed by atoms with Crippen LogP contribution in [0.3, 0.4) is 0 Å². The zero-order valence-electron chi connectivity index (χ0n) is 8.83. The van der Waals surface area contributed by atoms with E-state index in [9.17, 15) is 9.50 Å². The van der Waals surface area contributed by atoms with E-state index in [1.54, 1.807) is 6.07 Å². The molecule has 1 aliphatic carbocycles. The number of hydrogen-bond acceptors (Lipinski definition) is 2. The van der Waals surface area contributed by atoms with E-state index in [4.69, 9.17) is 16.3 Å². The zero-order chi connectivity index (χ0) is 11.5. The maximum absolute atomic E-state index is 13.5. The molecule has 0 saturated heterocycles. The fraction of sp³-hybridized carbons (Fsp3) is 0.500. The zero-order valence-corrected chi connectivity index (χ0v) is 9.58. The first-order valence-electron chi connectivity index (χ1n) is 5.47. The van der Waals surface area contributed by atoms with Crippen LogP contribution in [0.1, 0.15) is 25.7 Å². The van der Waals surface area contributed by atoms with Crippen molar-refractivity contribution < 1.29 is 14.2 Å². The number of aliphatic hydroxyl groups is 1. The Kier molecular flexibility index (Phi) is 3.66. The van der Waals surface area contributed by atoms with Gasteiger partial charge >= 0.3 is 0 Å². The van der Waals surface area contributed by atoms with Crippen molar-refractivity contribution in [2.24, 2.45) is 0 Å². The van der Waals surface area contributed by atoms with E-state index in [0.717, 1.165) is 19.3 Å². The van der Waals surface area contributed by atoms with Gasteiger partial charge in [0.05, 0.1) is 11.1 Å². The second kappa shape index (κ2) is 5.02. The Morgan fingerprint density at radius 2 is 2.06 bits per heavy atom. The van der Waals surface area contributed by atoms with Gasteiger partial charge in [-0.3, -0.25) is 0 Å². The van der Waals surface area contributed by atoms with Crippen molar-refractivity contribution in [3.8, 4) is 5.75 Å². The van der Waals surface area contributed by atoms with Gasteiger partial charge in [0.15, 0.2) is 11.6 Å². The maximum atomic E-state index is 13.5. The van der Waals surface area contributed by atoms with Crippen LogP contribution in [0, 0.1) is 5.82 Å². The quantitative estimate of drug-likeness (QED) is 0.866. The normalized spacial score (nSPS) is 25.4. The summed E-state index contributed by atoms with van der Waals surface area (Å²) in [5.41, 5.74) is 0. The molecule has 1 aromatic rings. The van der Waals surface area contributed by atoms with Crippen LogP contribution >= 0.6 is 11.6 Å². The summed E-state index contributed by atoms with van der Waals surface area (Å²) in [6.07, 6.45) is 2.65. The molecule has 0 aromatic heterocycles. The van der Waals surface area contributed by atoms with Gasteiger partial charge in [-0.25, -0.2) is 4.39 Å². The van der Waals surface area contributed by atoms with Crippen molar-refractivity contribution in [1.82, 2.24) is 0 Å². The second-order valence-corrected chi connectivity index (χ2v) is 4.47. The van der Waals surface area contributed by atoms with Gasteiger partial charge in [0.25, 0.3) is 0 Å². The third-order valence-electron chi connectivity index (χ3n) is 2.86. The minimum absolute atomic E-state index is 0.0443. The van der Waals surface area contributed by atoms with Crippen LogP contribution in [0.15, 0.2) is 18.2 Å². The molecule has 0 heterocycles. The van der Waals surface area contributed by atoms with Crippen LogP contribution in [-0.4, -0.2) is 17.3 Å². The lowest BCUT2D eigenvalue weighted by atomic mass is 9.95. The lowest BCUT2D eigenvalue weighted by molar-refractivity contribution is 0.00500. The van der Waals surface area contributed by atoms with Gasteiger partial charge in [0, 0.05) is 0 Å². The van der Waals surface area contributed by atoms with Gasteiger partial charge in [0.1, 0.15) is 6.10 Å². The van der Waals surface area contributed by atoms with Gasteiger partial charge < -0.3 is 9.84 Å². The fourth-order valence-electron chi connectivity index (χ4n) is 1.95. The smallest absolute Gasteiger partial charge is 0.183 e. The topological polar surface area (TPSA) is 29.5 Å². The average molecular weight is 245 g/mol. The molecule has 1 aromatic carbocycles. The van der Waals surface area contributed by atoms with Crippen molar-refractivity contribution in [3.05, 3.63) is 29.0 Å². The summed E-state index contributed by atoms with van der Waals surface area (Å²) in [5, 5.41) is 9.75. The van der Waals surface area contributed by atoms with E-state index >= 15 is 0 Å². The van der Waals surface area contributed by atoms with Crippen LogP contribution in [-0.2, 0) is 0 Å². The van der Waals surface area contributed by atoms with E-state index in [0.29, 0.717) is 6.42 Å². The van der Waals surface area contributed by atoms with Gasteiger partial charge in [0.2, 0.25) is 0 Å². The van der Waals surface area contributed by atoms with Gasteiger partial charge in [-0.1, -0.05) is 24.1 Å². The molecule has 1 fully saturated rings.